The topological polar surface area (TPSA) is 75.4 Å². The van der Waals surface area contributed by atoms with Crippen LogP contribution in [0.4, 0.5) is 0 Å². The number of hydrogen-bond donors (Lipinski definition) is 1. The minimum Gasteiger partial charge on any atom is -0.481 e. The quantitative estimate of drug-likeness (QED) is 0.797. The summed E-state index contributed by atoms with van der Waals surface area (Å²) in [6, 6.07) is 9.86. The van der Waals surface area contributed by atoms with Gasteiger partial charge in [-0.05, 0) is 25.4 Å². The zero-order valence-corrected chi connectivity index (χ0v) is 17.1. The number of Topliss-reactive ketones (excluding diaryl/α,β-unsaturated/α-hetero) is 1. The second kappa shape index (κ2) is 7.87. The second-order valence-corrected chi connectivity index (χ2v) is 8.72. The number of imidazole rings is 1. The molecule has 1 aliphatic heterocycles. The lowest BCUT2D eigenvalue weighted by Gasteiger charge is -2.26. The van der Waals surface area contributed by atoms with Crippen LogP contribution in [0.3, 0.4) is 0 Å². The molecule has 6 nitrogen and oxygen atoms in total. The van der Waals surface area contributed by atoms with Gasteiger partial charge in [-0.1, -0.05) is 51.1 Å². The standard InChI is InChI=1S/C22H29N3O3/c1-22(2,3)16(21(27)28)13-18(26)19-17-14-24(4)11-8-12-25(17)20(23-19)15-9-6-5-7-10-15/h5-7,9-10,16H,8,11-14H2,1-4H3,(H,27,28)/t16-/m1/s1. The lowest BCUT2D eigenvalue weighted by molar-refractivity contribution is -0.145. The Morgan fingerprint density at radius 2 is 1.86 bits per heavy atom. The van der Waals surface area contributed by atoms with E-state index in [4.69, 9.17) is 4.98 Å². The maximum atomic E-state index is 13.2. The molecule has 0 fully saturated rings. The van der Waals surface area contributed by atoms with Crippen LogP contribution in [0, 0.1) is 11.3 Å². The monoisotopic (exact) mass is 383 g/mol. The molecule has 1 aliphatic rings. The number of nitrogens with zero attached hydrogens (tertiary/aromatic N) is 3. The highest BCUT2D eigenvalue weighted by molar-refractivity contribution is 5.98. The van der Waals surface area contributed by atoms with E-state index in [2.05, 4.69) is 9.47 Å². The summed E-state index contributed by atoms with van der Waals surface area (Å²) in [5, 5.41) is 9.63. The van der Waals surface area contributed by atoms with Crippen molar-refractivity contribution in [2.24, 2.45) is 11.3 Å². The molecule has 0 unspecified atom stereocenters. The number of ketones is 1. The Hall–Kier alpha value is -2.47. The SMILES string of the molecule is CN1CCCn2c(-c3ccccc3)nc(C(=O)C[C@H](C(=O)O)C(C)(C)C)c2C1. The molecular weight excluding hydrogens is 354 g/mol. The fourth-order valence-corrected chi connectivity index (χ4v) is 3.80. The van der Waals surface area contributed by atoms with Gasteiger partial charge in [-0.2, -0.15) is 0 Å². The first-order valence-electron chi connectivity index (χ1n) is 9.78. The van der Waals surface area contributed by atoms with Gasteiger partial charge < -0.3 is 14.6 Å². The lowest BCUT2D eigenvalue weighted by Crippen LogP contribution is -2.31. The Balaban J connectivity index is 2.04. The molecule has 6 heteroatoms. The second-order valence-electron chi connectivity index (χ2n) is 8.72. The summed E-state index contributed by atoms with van der Waals surface area (Å²) in [6.45, 7) is 7.95. The normalized spacial score (nSPS) is 16.3. The molecule has 0 radical (unpaired) electrons. The number of fused-ring (bicyclic) bond motifs is 1. The molecule has 0 saturated heterocycles. The first kappa shape index (κ1) is 20.3. The van der Waals surface area contributed by atoms with E-state index in [1.807, 2.05) is 58.2 Å². The van der Waals surface area contributed by atoms with Crippen molar-refractivity contribution < 1.29 is 14.7 Å². The number of carboxylic acid groups (broad SMARTS) is 1. The van der Waals surface area contributed by atoms with Gasteiger partial charge >= 0.3 is 5.97 Å². The van der Waals surface area contributed by atoms with Crippen LogP contribution >= 0.6 is 0 Å². The highest BCUT2D eigenvalue weighted by Gasteiger charge is 2.35. The molecule has 0 amide bonds. The van der Waals surface area contributed by atoms with E-state index in [-0.39, 0.29) is 12.2 Å². The molecular formula is C22H29N3O3. The van der Waals surface area contributed by atoms with Gasteiger partial charge in [0.25, 0.3) is 0 Å². The number of rotatable bonds is 5. The lowest BCUT2D eigenvalue weighted by atomic mass is 9.77. The predicted molar refractivity (Wildman–Crippen MR) is 108 cm³/mol. The van der Waals surface area contributed by atoms with Crippen LogP contribution in [0.15, 0.2) is 30.3 Å². The van der Waals surface area contributed by atoms with E-state index >= 15 is 0 Å². The number of carbonyl (C=O) groups is 2. The smallest absolute Gasteiger partial charge is 0.307 e. The molecule has 2 heterocycles. The summed E-state index contributed by atoms with van der Waals surface area (Å²) in [7, 11) is 2.04. The highest BCUT2D eigenvalue weighted by atomic mass is 16.4. The van der Waals surface area contributed by atoms with Gasteiger partial charge in [0.2, 0.25) is 0 Å². The zero-order valence-electron chi connectivity index (χ0n) is 17.1. The summed E-state index contributed by atoms with van der Waals surface area (Å²) in [5.74, 6) is -1.09. The Morgan fingerprint density at radius 1 is 1.18 bits per heavy atom. The van der Waals surface area contributed by atoms with E-state index in [1.54, 1.807) is 0 Å². The average Bonchev–Trinajstić information content (AvgIpc) is 2.86. The number of benzene rings is 1. The van der Waals surface area contributed by atoms with Crippen LogP contribution in [0.2, 0.25) is 0 Å². The molecule has 1 N–H and O–H groups in total. The Morgan fingerprint density at radius 3 is 2.46 bits per heavy atom. The van der Waals surface area contributed by atoms with Crippen molar-refractivity contribution in [3.05, 3.63) is 41.7 Å². The molecule has 0 spiro atoms. The van der Waals surface area contributed by atoms with Crippen LogP contribution in [-0.2, 0) is 17.9 Å². The Labute approximate surface area is 166 Å². The molecule has 3 rings (SSSR count). The van der Waals surface area contributed by atoms with E-state index in [1.165, 1.54) is 0 Å². The van der Waals surface area contributed by atoms with Crippen LogP contribution in [0.5, 0.6) is 0 Å². The number of aliphatic carboxylic acids is 1. The largest absolute Gasteiger partial charge is 0.481 e. The summed E-state index contributed by atoms with van der Waals surface area (Å²) in [5.41, 5.74) is 1.78. The van der Waals surface area contributed by atoms with Gasteiger partial charge in [0, 0.05) is 25.1 Å². The summed E-state index contributed by atoms with van der Waals surface area (Å²) >= 11 is 0. The van der Waals surface area contributed by atoms with Crippen molar-refractivity contribution >= 4 is 11.8 Å². The number of carbonyl (C=O) groups excluding carboxylic acids is 1. The Kier molecular flexibility index (Phi) is 5.70. The maximum absolute atomic E-state index is 13.2. The fraction of sp³-hybridized carbons (Fsp3) is 0.500. The van der Waals surface area contributed by atoms with Crippen molar-refractivity contribution in [1.82, 2.24) is 14.5 Å². The van der Waals surface area contributed by atoms with E-state index in [0.29, 0.717) is 12.2 Å². The molecule has 150 valence electrons. The van der Waals surface area contributed by atoms with E-state index in [9.17, 15) is 14.7 Å². The molecule has 1 atom stereocenters. The number of carboxylic acids is 1. The third-order valence-electron chi connectivity index (χ3n) is 5.44. The van der Waals surface area contributed by atoms with Gasteiger partial charge in [0.1, 0.15) is 11.5 Å². The summed E-state index contributed by atoms with van der Waals surface area (Å²) in [4.78, 5) is 31.8. The molecule has 2 aromatic rings. The zero-order chi connectivity index (χ0) is 20.5. The van der Waals surface area contributed by atoms with Crippen molar-refractivity contribution in [3.8, 4) is 11.4 Å². The van der Waals surface area contributed by atoms with Crippen molar-refractivity contribution in [2.45, 2.75) is 46.7 Å². The molecule has 28 heavy (non-hydrogen) atoms. The number of hydrogen-bond acceptors (Lipinski definition) is 4. The predicted octanol–water partition coefficient (Wildman–Crippen LogP) is 3.71. The third-order valence-corrected chi connectivity index (χ3v) is 5.44. The van der Waals surface area contributed by atoms with Crippen molar-refractivity contribution in [1.29, 1.82) is 0 Å². The first-order chi connectivity index (χ1) is 13.2. The van der Waals surface area contributed by atoms with Gasteiger partial charge in [-0.15, -0.1) is 0 Å². The van der Waals surface area contributed by atoms with Crippen molar-refractivity contribution in [3.63, 3.8) is 0 Å². The fourth-order valence-electron chi connectivity index (χ4n) is 3.80. The van der Waals surface area contributed by atoms with E-state index in [0.717, 1.165) is 36.6 Å². The molecule has 1 aromatic carbocycles. The van der Waals surface area contributed by atoms with Gasteiger partial charge in [-0.25, -0.2) is 4.98 Å². The first-order valence-corrected chi connectivity index (χ1v) is 9.78. The third kappa shape index (κ3) is 4.17. The molecule has 0 bridgehead atoms. The average molecular weight is 383 g/mol. The molecule has 0 aliphatic carbocycles. The minimum absolute atomic E-state index is 0.0409. The van der Waals surface area contributed by atoms with Crippen LogP contribution in [0.1, 0.15) is 49.8 Å². The molecule has 1 aromatic heterocycles. The highest BCUT2D eigenvalue weighted by Crippen LogP contribution is 2.32. The minimum atomic E-state index is -0.938. The van der Waals surface area contributed by atoms with Gasteiger partial charge in [-0.3, -0.25) is 9.59 Å². The number of aromatic nitrogens is 2. The van der Waals surface area contributed by atoms with Crippen molar-refractivity contribution in [2.75, 3.05) is 13.6 Å². The Bertz CT molecular complexity index is 865. The summed E-state index contributed by atoms with van der Waals surface area (Å²) < 4.78 is 2.14. The van der Waals surface area contributed by atoms with Crippen LogP contribution < -0.4 is 0 Å². The summed E-state index contributed by atoms with van der Waals surface area (Å²) in [6.07, 6.45) is 0.938. The van der Waals surface area contributed by atoms with Gasteiger partial charge in [0.15, 0.2) is 5.78 Å². The van der Waals surface area contributed by atoms with Crippen LogP contribution in [0.25, 0.3) is 11.4 Å². The van der Waals surface area contributed by atoms with E-state index < -0.39 is 17.3 Å². The maximum Gasteiger partial charge on any atom is 0.307 e. The van der Waals surface area contributed by atoms with Crippen LogP contribution in [-0.4, -0.2) is 44.9 Å². The van der Waals surface area contributed by atoms with Gasteiger partial charge in [0.05, 0.1) is 11.6 Å². The molecule has 0 saturated carbocycles.